The van der Waals surface area contributed by atoms with Gasteiger partial charge in [-0.3, -0.25) is 9.78 Å². The fourth-order valence-electron chi connectivity index (χ4n) is 2.22. The van der Waals surface area contributed by atoms with Gasteiger partial charge in [0.2, 0.25) is 16.4 Å². The summed E-state index contributed by atoms with van der Waals surface area (Å²) in [6, 6.07) is 3.62. The molecule has 1 aliphatic rings. The lowest BCUT2D eigenvalue weighted by molar-refractivity contribution is -0.159. The highest BCUT2D eigenvalue weighted by Crippen LogP contribution is 2.13. The number of rotatable bonds is 7. The molecule has 11 heteroatoms. The lowest BCUT2D eigenvalue weighted by Gasteiger charge is -2.20. The molecule has 0 radical (unpaired) electrons. The number of hydrogen-bond acceptors (Lipinski definition) is 6. The number of amides is 1. The minimum absolute atomic E-state index is 0.0170. The van der Waals surface area contributed by atoms with Crippen LogP contribution in [0.4, 0.5) is 0 Å². The number of nitrogens with zero attached hydrogens (tertiary/aromatic N) is 3. The summed E-state index contributed by atoms with van der Waals surface area (Å²) in [6.45, 7) is 1.83. The monoisotopic (exact) mass is 387 g/mol. The quantitative estimate of drug-likeness (QED) is 0.476. The molecule has 0 bridgehead atoms. The van der Waals surface area contributed by atoms with Crippen LogP contribution in [0.25, 0.3) is 0 Å². The zero-order valence-electron chi connectivity index (χ0n) is 14.0. The Kier molecular flexibility index (Phi) is 8.65. The standard InChI is InChI=1S/C13H19N3O3S.C2H2O4/c17-12-15(11-13-3-5-14-6-4-13)9-10-20(18,19)16-7-1-2-8-16;3-1(4)2(5)6/h3-6,12H,1-2,7-11H2;(H,3,4)(H,5,6). The fraction of sp³-hybridized carbons (Fsp3) is 0.467. The molecule has 26 heavy (non-hydrogen) atoms. The van der Waals surface area contributed by atoms with Crippen molar-refractivity contribution in [1.82, 2.24) is 14.2 Å². The highest BCUT2D eigenvalue weighted by Gasteiger charge is 2.25. The van der Waals surface area contributed by atoms with Crippen LogP contribution in [0.15, 0.2) is 24.5 Å². The molecule has 1 aliphatic heterocycles. The minimum atomic E-state index is -3.24. The van der Waals surface area contributed by atoms with E-state index in [2.05, 4.69) is 4.98 Å². The topological polar surface area (TPSA) is 145 Å². The van der Waals surface area contributed by atoms with Crippen molar-refractivity contribution in [1.29, 1.82) is 0 Å². The van der Waals surface area contributed by atoms with Crippen LogP contribution in [0.5, 0.6) is 0 Å². The van der Waals surface area contributed by atoms with Gasteiger partial charge in [-0.05, 0) is 30.5 Å². The largest absolute Gasteiger partial charge is 0.473 e. The maximum Gasteiger partial charge on any atom is 0.414 e. The van der Waals surface area contributed by atoms with E-state index in [0.29, 0.717) is 26.0 Å². The number of aromatic nitrogens is 1. The lowest BCUT2D eigenvalue weighted by Crippen LogP contribution is -2.35. The number of carbonyl (C=O) groups excluding carboxylic acids is 1. The van der Waals surface area contributed by atoms with Gasteiger partial charge in [0.05, 0.1) is 5.75 Å². The van der Waals surface area contributed by atoms with Crippen LogP contribution >= 0.6 is 0 Å². The summed E-state index contributed by atoms with van der Waals surface area (Å²) in [5.41, 5.74) is 0.936. The first-order valence-electron chi connectivity index (χ1n) is 7.78. The smallest absolute Gasteiger partial charge is 0.414 e. The van der Waals surface area contributed by atoms with E-state index in [0.717, 1.165) is 18.4 Å². The second kappa shape index (κ2) is 10.5. The molecule has 1 saturated heterocycles. The van der Waals surface area contributed by atoms with Crippen molar-refractivity contribution >= 4 is 28.4 Å². The Hall–Kier alpha value is -2.53. The summed E-state index contributed by atoms with van der Waals surface area (Å²) in [5.74, 6) is -3.67. The number of sulfonamides is 1. The van der Waals surface area contributed by atoms with Gasteiger partial charge in [0.15, 0.2) is 0 Å². The molecule has 0 aliphatic carbocycles. The Bertz CT molecular complexity index is 691. The van der Waals surface area contributed by atoms with Crippen LogP contribution in [0.1, 0.15) is 18.4 Å². The van der Waals surface area contributed by atoms with E-state index in [1.54, 1.807) is 12.4 Å². The highest BCUT2D eigenvalue weighted by molar-refractivity contribution is 7.89. The minimum Gasteiger partial charge on any atom is -0.473 e. The molecule has 1 aromatic heterocycles. The zero-order chi connectivity index (χ0) is 19.6. The third kappa shape index (κ3) is 7.57. The SMILES string of the molecule is O=C(O)C(=O)O.O=CN(CCS(=O)(=O)N1CCCC1)Cc1ccncc1. The summed E-state index contributed by atoms with van der Waals surface area (Å²) in [4.78, 5) is 34.6. The Morgan fingerprint density at radius 1 is 1.15 bits per heavy atom. The van der Waals surface area contributed by atoms with E-state index in [1.807, 2.05) is 12.1 Å². The molecular weight excluding hydrogens is 366 g/mol. The summed E-state index contributed by atoms with van der Waals surface area (Å²) >= 11 is 0. The first kappa shape index (κ1) is 21.5. The van der Waals surface area contributed by atoms with Gasteiger partial charge in [-0.25, -0.2) is 22.3 Å². The number of carboxylic acids is 2. The molecule has 10 nitrogen and oxygen atoms in total. The van der Waals surface area contributed by atoms with Crippen LogP contribution in [-0.2, 0) is 31.0 Å². The molecule has 2 N–H and O–H groups in total. The average molecular weight is 387 g/mol. The van der Waals surface area contributed by atoms with Crippen molar-refractivity contribution in [2.75, 3.05) is 25.4 Å². The molecular formula is C15H21N3O7S. The maximum absolute atomic E-state index is 12.1. The zero-order valence-corrected chi connectivity index (χ0v) is 14.8. The number of hydrogen-bond donors (Lipinski definition) is 2. The van der Waals surface area contributed by atoms with E-state index in [9.17, 15) is 13.2 Å². The van der Waals surface area contributed by atoms with E-state index in [-0.39, 0.29) is 12.3 Å². The number of aliphatic carboxylic acids is 2. The number of pyridine rings is 1. The van der Waals surface area contributed by atoms with Gasteiger partial charge in [-0.2, -0.15) is 0 Å². The third-order valence-corrected chi connectivity index (χ3v) is 5.41. The molecule has 2 rings (SSSR count). The van der Waals surface area contributed by atoms with Crippen LogP contribution in [0, 0.1) is 0 Å². The van der Waals surface area contributed by atoms with E-state index >= 15 is 0 Å². The van der Waals surface area contributed by atoms with Crippen molar-refractivity contribution in [2.45, 2.75) is 19.4 Å². The summed E-state index contributed by atoms with van der Waals surface area (Å²) < 4.78 is 25.7. The Labute approximate surface area is 151 Å². The van der Waals surface area contributed by atoms with Crippen LogP contribution in [0.3, 0.4) is 0 Å². The van der Waals surface area contributed by atoms with Crippen molar-refractivity contribution in [2.24, 2.45) is 0 Å². The number of carbonyl (C=O) groups is 3. The van der Waals surface area contributed by atoms with Gasteiger partial charge in [-0.1, -0.05) is 0 Å². The van der Waals surface area contributed by atoms with Crippen LogP contribution < -0.4 is 0 Å². The fourth-order valence-corrected chi connectivity index (χ4v) is 3.76. The highest BCUT2D eigenvalue weighted by atomic mass is 32.2. The van der Waals surface area contributed by atoms with Crippen molar-refractivity contribution in [3.05, 3.63) is 30.1 Å². The summed E-state index contributed by atoms with van der Waals surface area (Å²) in [7, 11) is -3.24. The van der Waals surface area contributed by atoms with E-state index < -0.39 is 22.0 Å². The maximum atomic E-state index is 12.1. The van der Waals surface area contributed by atoms with E-state index in [1.165, 1.54) is 9.21 Å². The molecule has 144 valence electrons. The van der Waals surface area contributed by atoms with Gasteiger partial charge in [-0.15, -0.1) is 0 Å². The molecule has 2 heterocycles. The Morgan fingerprint density at radius 3 is 2.15 bits per heavy atom. The predicted octanol–water partition coefficient (Wildman–Crippen LogP) is -0.379. The third-order valence-electron chi connectivity index (χ3n) is 3.56. The van der Waals surface area contributed by atoms with Gasteiger partial charge in [0.1, 0.15) is 0 Å². The summed E-state index contributed by atoms with van der Waals surface area (Å²) in [5, 5.41) is 14.8. The molecule has 0 unspecified atom stereocenters. The molecule has 1 fully saturated rings. The second-order valence-corrected chi connectivity index (χ2v) is 7.55. The molecule has 0 atom stereocenters. The second-order valence-electron chi connectivity index (χ2n) is 5.46. The first-order valence-corrected chi connectivity index (χ1v) is 9.39. The lowest BCUT2D eigenvalue weighted by atomic mass is 10.2. The molecule has 0 spiro atoms. The van der Waals surface area contributed by atoms with Gasteiger partial charge in [0.25, 0.3) is 0 Å². The predicted molar refractivity (Wildman–Crippen MR) is 90.6 cm³/mol. The molecule has 1 aromatic rings. The average Bonchev–Trinajstić information content (AvgIpc) is 3.15. The van der Waals surface area contributed by atoms with Crippen molar-refractivity contribution in [3.63, 3.8) is 0 Å². The number of carboxylic acid groups (broad SMARTS) is 2. The van der Waals surface area contributed by atoms with Crippen molar-refractivity contribution < 1.29 is 33.0 Å². The van der Waals surface area contributed by atoms with Gasteiger partial charge in [0, 0.05) is 38.6 Å². The van der Waals surface area contributed by atoms with Crippen molar-refractivity contribution in [3.8, 4) is 0 Å². The van der Waals surface area contributed by atoms with Gasteiger partial charge < -0.3 is 15.1 Å². The molecule has 0 aromatic carbocycles. The first-order chi connectivity index (χ1) is 12.3. The van der Waals surface area contributed by atoms with Crippen LogP contribution in [-0.4, -0.2) is 76.6 Å². The van der Waals surface area contributed by atoms with E-state index in [4.69, 9.17) is 19.8 Å². The molecule has 1 amide bonds. The Balaban J connectivity index is 0.000000487. The normalized spacial score (nSPS) is 14.2. The summed E-state index contributed by atoms with van der Waals surface area (Å²) in [6.07, 6.45) is 5.85. The molecule has 0 saturated carbocycles. The van der Waals surface area contributed by atoms with Crippen LogP contribution in [0.2, 0.25) is 0 Å². The van der Waals surface area contributed by atoms with Gasteiger partial charge >= 0.3 is 11.9 Å². The Morgan fingerprint density at radius 2 is 1.69 bits per heavy atom.